The van der Waals surface area contributed by atoms with Crippen LogP contribution in [0.4, 0.5) is 0 Å². The molecule has 1 saturated heterocycles. The van der Waals surface area contributed by atoms with Gasteiger partial charge in [0.2, 0.25) is 5.91 Å². The lowest BCUT2D eigenvalue weighted by atomic mass is 9.80. The molecule has 2 N–H and O–H groups in total. The van der Waals surface area contributed by atoms with E-state index in [0.717, 1.165) is 0 Å². The second-order valence-corrected chi connectivity index (χ2v) is 4.58. The lowest BCUT2D eigenvalue weighted by molar-refractivity contribution is -0.141. The van der Waals surface area contributed by atoms with E-state index in [2.05, 4.69) is 13.8 Å². The van der Waals surface area contributed by atoms with Gasteiger partial charge in [-0.15, -0.1) is 0 Å². The van der Waals surface area contributed by atoms with E-state index in [1.54, 1.807) is 0 Å². The van der Waals surface area contributed by atoms with E-state index in [1.165, 1.54) is 0 Å². The summed E-state index contributed by atoms with van der Waals surface area (Å²) in [6, 6.07) is 0. The van der Waals surface area contributed by atoms with Gasteiger partial charge in [0.05, 0.1) is 18.6 Å². The summed E-state index contributed by atoms with van der Waals surface area (Å²) in [6.45, 7) is 8.69. The van der Waals surface area contributed by atoms with E-state index < -0.39 is 0 Å². The number of ether oxygens (including phenoxy) is 1. The number of carbonyl (C=O) groups is 1. The third-order valence-electron chi connectivity index (χ3n) is 3.14. The topological polar surface area (TPSA) is 55.6 Å². The predicted molar refractivity (Wildman–Crippen MR) is 59.4 cm³/mol. The standard InChI is InChI=1S/C11H22N2O2/c1-4-15-6-5-10(14)13-7-11(12,8-13)9(2)3/h9H,4-8,12H2,1-3H3. The van der Waals surface area contributed by atoms with Crippen LogP contribution in [0.1, 0.15) is 27.2 Å². The lowest BCUT2D eigenvalue weighted by Crippen LogP contribution is -2.71. The third kappa shape index (κ3) is 2.92. The van der Waals surface area contributed by atoms with Gasteiger partial charge in [-0.25, -0.2) is 0 Å². The Hall–Kier alpha value is -0.610. The second-order valence-electron chi connectivity index (χ2n) is 4.58. The van der Waals surface area contributed by atoms with Crippen LogP contribution in [-0.4, -0.2) is 42.6 Å². The molecule has 1 heterocycles. The zero-order chi connectivity index (χ0) is 11.5. The summed E-state index contributed by atoms with van der Waals surface area (Å²) < 4.78 is 5.14. The first-order chi connectivity index (χ1) is 6.99. The molecule has 0 unspecified atom stereocenters. The Labute approximate surface area is 91.8 Å². The molecule has 0 aromatic carbocycles. The van der Waals surface area contributed by atoms with Crippen LogP contribution in [0.2, 0.25) is 0 Å². The molecule has 0 atom stereocenters. The maximum absolute atomic E-state index is 11.6. The Kier molecular flexibility index (Phi) is 4.11. The highest BCUT2D eigenvalue weighted by Crippen LogP contribution is 2.26. The quantitative estimate of drug-likeness (QED) is 0.682. The summed E-state index contributed by atoms with van der Waals surface area (Å²) in [4.78, 5) is 13.4. The summed E-state index contributed by atoms with van der Waals surface area (Å²) in [5, 5.41) is 0. The van der Waals surface area contributed by atoms with Gasteiger partial charge in [0.1, 0.15) is 0 Å². The van der Waals surface area contributed by atoms with Crippen LogP contribution in [0, 0.1) is 5.92 Å². The van der Waals surface area contributed by atoms with Crippen molar-refractivity contribution >= 4 is 5.91 Å². The van der Waals surface area contributed by atoms with Crippen molar-refractivity contribution < 1.29 is 9.53 Å². The Bertz CT molecular complexity index is 223. The number of amides is 1. The van der Waals surface area contributed by atoms with Crippen molar-refractivity contribution in [2.45, 2.75) is 32.7 Å². The van der Waals surface area contributed by atoms with Crippen LogP contribution >= 0.6 is 0 Å². The normalized spacial score (nSPS) is 19.1. The molecule has 4 nitrogen and oxygen atoms in total. The van der Waals surface area contributed by atoms with Crippen molar-refractivity contribution in [1.82, 2.24) is 4.90 Å². The highest BCUT2D eigenvalue weighted by atomic mass is 16.5. The van der Waals surface area contributed by atoms with Crippen LogP contribution in [0.5, 0.6) is 0 Å². The van der Waals surface area contributed by atoms with E-state index >= 15 is 0 Å². The SMILES string of the molecule is CCOCCC(=O)N1CC(N)(C(C)C)C1. The first-order valence-electron chi connectivity index (χ1n) is 5.64. The monoisotopic (exact) mass is 214 g/mol. The van der Waals surface area contributed by atoms with Gasteiger partial charge in [0.15, 0.2) is 0 Å². The zero-order valence-corrected chi connectivity index (χ0v) is 9.95. The molecule has 4 heteroatoms. The molecule has 0 aromatic rings. The minimum Gasteiger partial charge on any atom is -0.381 e. The molecule has 0 aromatic heterocycles. The predicted octanol–water partition coefficient (Wildman–Crippen LogP) is 0.609. The van der Waals surface area contributed by atoms with Crippen molar-refractivity contribution in [3.05, 3.63) is 0 Å². The molecule has 1 rings (SSSR count). The second kappa shape index (κ2) is 4.94. The van der Waals surface area contributed by atoms with Gasteiger partial charge in [-0.1, -0.05) is 13.8 Å². The maximum Gasteiger partial charge on any atom is 0.225 e. The summed E-state index contributed by atoms with van der Waals surface area (Å²) in [5.74, 6) is 0.582. The molecular weight excluding hydrogens is 192 g/mol. The molecule has 0 saturated carbocycles. The number of hydrogen-bond acceptors (Lipinski definition) is 3. The van der Waals surface area contributed by atoms with Crippen molar-refractivity contribution in [2.24, 2.45) is 11.7 Å². The molecule has 1 amide bonds. The first kappa shape index (κ1) is 12.5. The van der Waals surface area contributed by atoms with Gasteiger partial charge in [-0.2, -0.15) is 0 Å². The largest absolute Gasteiger partial charge is 0.381 e. The average Bonchev–Trinajstić information content (AvgIpc) is 2.12. The smallest absolute Gasteiger partial charge is 0.225 e. The van der Waals surface area contributed by atoms with Gasteiger partial charge >= 0.3 is 0 Å². The first-order valence-corrected chi connectivity index (χ1v) is 5.64. The molecule has 0 radical (unpaired) electrons. The van der Waals surface area contributed by atoms with Gasteiger partial charge in [-0.05, 0) is 12.8 Å². The molecule has 1 aliphatic heterocycles. The van der Waals surface area contributed by atoms with Gasteiger partial charge in [0.25, 0.3) is 0 Å². The van der Waals surface area contributed by atoms with Crippen LogP contribution in [0.15, 0.2) is 0 Å². The Morgan fingerprint density at radius 1 is 1.53 bits per heavy atom. The fraction of sp³-hybridized carbons (Fsp3) is 0.909. The van der Waals surface area contributed by atoms with E-state index in [9.17, 15) is 4.79 Å². The lowest BCUT2D eigenvalue weighted by Gasteiger charge is -2.50. The molecule has 15 heavy (non-hydrogen) atoms. The number of carbonyl (C=O) groups excluding carboxylic acids is 1. The molecule has 1 fully saturated rings. The maximum atomic E-state index is 11.6. The average molecular weight is 214 g/mol. The highest BCUT2D eigenvalue weighted by molar-refractivity contribution is 5.77. The minimum atomic E-state index is -0.165. The molecular formula is C11H22N2O2. The van der Waals surface area contributed by atoms with Crippen molar-refractivity contribution in [1.29, 1.82) is 0 Å². The molecule has 0 bridgehead atoms. The summed E-state index contributed by atoms with van der Waals surface area (Å²) in [7, 11) is 0. The Balaban J connectivity index is 2.23. The van der Waals surface area contributed by atoms with Crippen LogP contribution < -0.4 is 5.73 Å². The highest BCUT2D eigenvalue weighted by Gasteiger charge is 2.43. The van der Waals surface area contributed by atoms with Crippen LogP contribution in [0.3, 0.4) is 0 Å². The zero-order valence-electron chi connectivity index (χ0n) is 9.95. The molecule has 0 spiro atoms. The number of hydrogen-bond donors (Lipinski definition) is 1. The summed E-state index contributed by atoms with van der Waals surface area (Å²) in [5.41, 5.74) is 5.94. The third-order valence-corrected chi connectivity index (χ3v) is 3.14. The number of rotatable bonds is 5. The van der Waals surface area contributed by atoms with Crippen LogP contribution in [0.25, 0.3) is 0 Å². The number of nitrogens with two attached hydrogens (primary N) is 1. The molecule has 88 valence electrons. The van der Waals surface area contributed by atoms with E-state index in [-0.39, 0.29) is 11.4 Å². The van der Waals surface area contributed by atoms with Crippen LogP contribution in [-0.2, 0) is 9.53 Å². The molecule has 1 aliphatic rings. The number of nitrogens with zero attached hydrogens (tertiary/aromatic N) is 1. The van der Waals surface area contributed by atoms with Gasteiger partial charge in [0, 0.05) is 19.7 Å². The van der Waals surface area contributed by atoms with Crippen molar-refractivity contribution in [2.75, 3.05) is 26.3 Å². The van der Waals surface area contributed by atoms with E-state index in [0.29, 0.717) is 38.6 Å². The minimum absolute atomic E-state index is 0.158. The summed E-state index contributed by atoms with van der Waals surface area (Å²) in [6.07, 6.45) is 0.474. The van der Waals surface area contributed by atoms with Gasteiger partial charge in [-0.3, -0.25) is 4.79 Å². The molecule has 0 aliphatic carbocycles. The van der Waals surface area contributed by atoms with Gasteiger partial charge < -0.3 is 15.4 Å². The fourth-order valence-electron chi connectivity index (χ4n) is 1.67. The fourth-order valence-corrected chi connectivity index (χ4v) is 1.67. The van der Waals surface area contributed by atoms with Crippen molar-refractivity contribution in [3.63, 3.8) is 0 Å². The van der Waals surface area contributed by atoms with E-state index in [4.69, 9.17) is 10.5 Å². The van der Waals surface area contributed by atoms with E-state index in [1.807, 2.05) is 11.8 Å². The number of likely N-dealkylation sites (tertiary alicyclic amines) is 1. The Morgan fingerprint density at radius 3 is 2.60 bits per heavy atom. The van der Waals surface area contributed by atoms with Crippen molar-refractivity contribution in [3.8, 4) is 0 Å². The Morgan fingerprint density at radius 2 is 2.13 bits per heavy atom. The summed E-state index contributed by atoms with van der Waals surface area (Å²) >= 11 is 0.